The first-order valence-corrected chi connectivity index (χ1v) is 13.6. The van der Waals surface area contributed by atoms with Crippen LogP contribution in [0.1, 0.15) is 79.7 Å². The van der Waals surface area contributed by atoms with Crippen LogP contribution in [0.4, 0.5) is 4.79 Å². The Morgan fingerprint density at radius 2 is 1.61 bits per heavy atom. The molecule has 212 valence electrons. The van der Waals surface area contributed by atoms with Gasteiger partial charge in [0.2, 0.25) is 11.8 Å². The van der Waals surface area contributed by atoms with Crippen molar-refractivity contribution in [2.75, 3.05) is 13.1 Å². The number of hydrogen-bond acceptors (Lipinski definition) is 5. The van der Waals surface area contributed by atoms with Crippen LogP contribution in [0.25, 0.3) is 0 Å². The van der Waals surface area contributed by atoms with Crippen molar-refractivity contribution in [1.29, 1.82) is 0 Å². The largest absolute Gasteiger partial charge is 0.480 e. The van der Waals surface area contributed by atoms with Gasteiger partial charge >= 0.3 is 12.1 Å². The summed E-state index contributed by atoms with van der Waals surface area (Å²) in [5, 5.41) is 15.2. The zero-order valence-electron chi connectivity index (χ0n) is 23.9. The zero-order valence-corrected chi connectivity index (χ0v) is 23.9. The molecule has 9 heteroatoms. The number of carboxylic acids is 1. The second-order valence-electron chi connectivity index (χ2n) is 11.8. The van der Waals surface area contributed by atoms with Gasteiger partial charge in [-0.3, -0.25) is 9.59 Å². The summed E-state index contributed by atoms with van der Waals surface area (Å²) in [6.07, 6.45) is 1.22. The number of benzene rings is 1. The predicted molar refractivity (Wildman–Crippen MR) is 146 cm³/mol. The number of carboxylic acid groups (broad SMARTS) is 1. The number of nitrogens with zero attached hydrogens (tertiary/aromatic N) is 1. The Morgan fingerprint density at radius 1 is 1.03 bits per heavy atom. The number of likely N-dealkylation sites (tertiary alicyclic amines) is 1. The van der Waals surface area contributed by atoms with E-state index in [-0.39, 0.29) is 24.2 Å². The summed E-state index contributed by atoms with van der Waals surface area (Å²) in [6.45, 7) is 13.7. The van der Waals surface area contributed by atoms with Crippen LogP contribution in [0.2, 0.25) is 0 Å². The van der Waals surface area contributed by atoms with Crippen LogP contribution in [0.3, 0.4) is 0 Å². The molecule has 0 unspecified atom stereocenters. The van der Waals surface area contributed by atoms with E-state index in [1.165, 1.54) is 0 Å². The van der Waals surface area contributed by atoms with E-state index in [9.17, 15) is 24.3 Å². The van der Waals surface area contributed by atoms with Gasteiger partial charge in [0.05, 0.1) is 5.41 Å². The van der Waals surface area contributed by atoms with Gasteiger partial charge in [-0.15, -0.1) is 0 Å². The van der Waals surface area contributed by atoms with E-state index in [0.717, 1.165) is 5.56 Å². The van der Waals surface area contributed by atoms with Crippen molar-refractivity contribution in [1.82, 2.24) is 15.5 Å². The molecule has 0 saturated carbocycles. The van der Waals surface area contributed by atoms with Crippen LogP contribution in [-0.2, 0) is 24.5 Å². The lowest BCUT2D eigenvalue weighted by Gasteiger charge is -2.42. The molecule has 0 aliphatic carbocycles. The lowest BCUT2D eigenvalue weighted by molar-refractivity contribution is -0.143. The Morgan fingerprint density at radius 3 is 2.08 bits per heavy atom. The molecule has 3 atom stereocenters. The molecule has 0 aromatic heterocycles. The number of hydrogen-bond donors (Lipinski definition) is 3. The van der Waals surface area contributed by atoms with Crippen molar-refractivity contribution in [3.05, 3.63) is 35.9 Å². The molecule has 1 aromatic carbocycles. The lowest BCUT2D eigenvalue weighted by atomic mass is 9.71. The second-order valence-corrected chi connectivity index (χ2v) is 11.8. The van der Waals surface area contributed by atoms with Gasteiger partial charge < -0.3 is 25.4 Å². The normalized spacial score (nSPS) is 17.7. The first-order chi connectivity index (χ1) is 17.7. The highest BCUT2D eigenvalue weighted by molar-refractivity contribution is 5.94. The molecule has 3 amide bonds. The molecule has 3 N–H and O–H groups in total. The number of nitrogens with one attached hydrogen (secondary N) is 2. The molecule has 0 radical (unpaired) electrons. The van der Waals surface area contributed by atoms with E-state index in [0.29, 0.717) is 32.4 Å². The van der Waals surface area contributed by atoms with Gasteiger partial charge in [0.25, 0.3) is 0 Å². The Balaban J connectivity index is 2.30. The monoisotopic (exact) mass is 531 g/mol. The van der Waals surface area contributed by atoms with Crippen molar-refractivity contribution < 1.29 is 29.0 Å². The van der Waals surface area contributed by atoms with E-state index in [4.69, 9.17) is 4.74 Å². The first-order valence-electron chi connectivity index (χ1n) is 13.6. The summed E-state index contributed by atoms with van der Waals surface area (Å²) in [5.74, 6) is -2.05. The quantitative estimate of drug-likeness (QED) is 0.417. The Labute approximate surface area is 226 Å². The third-order valence-electron chi connectivity index (χ3n) is 7.13. The molecular formula is C29H45N3O6. The molecule has 38 heavy (non-hydrogen) atoms. The molecule has 1 aromatic rings. The maximum absolute atomic E-state index is 14.0. The first kappa shape index (κ1) is 31.1. The van der Waals surface area contributed by atoms with Crippen LogP contribution < -0.4 is 10.6 Å². The molecule has 1 aliphatic rings. The maximum atomic E-state index is 14.0. The Bertz CT molecular complexity index is 964. The smallest absolute Gasteiger partial charge is 0.410 e. The molecule has 0 bridgehead atoms. The summed E-state index contributed by atoms with van der Waals surface area (Å²) in [5.41, 5.74) is -0.758. The average Bonchev–Trinajstić information content (AvgIpc) is 2.85. The van der Waals surface area contributed by atoms with Crippen LogP contribution in [-0.4, -0.2) is 64.7 Å². The molecule has 9 nitrogen and oxygen atoms in total. The highest BCUT2D eigenvalue weighted by Gasteiger charge is 2.46. The van der Waals surface area contributed by atoms with Crippen LogP contribution in [0.5, 0.6) is 0 Å². The van der Waals surface area contributed by atoms with Gasteiger partial charge in [-0.2, -0.15) is 0 Å². The molecule has 0 spiro atoms. The lowest BCUT2D eigenvalue weighted by Crippen LogP contribution is -2.59. The van der Waals surface area contributed by atoms with Gasteiger partial charge in [-0.1, -0.05) is 64.4 Å². The number of aliphatic carboxylic acids is 1. The summed E-state index contributed by atoms with van der Waals surface area (Å²) < 4.78 is 5.52. The minimum atomic E-state index is -1.10. The fraction of sp³-hybridized carbons (Fsp3) is 0.655. The van der Waals surface area contributed by atoms with E-state index in [2.05, 4.69) is 10.6 Å². The molecule has 1 aliphatic heterocycles. The van der Waals surface area contributed by atoms with E-state index in [1.54, 1.807) is 4.90 Å². The fourth-order valence-electron chi connectivity index (χ4n) is 4.74. The molecular weight excluding hydrogens is 486 g/mol. The number of piperidine rings is 1. The van der Waals surface area contributed by atoms with Gasteiger partial charge in [-0.05, 0) is 57.4 Å². The highest BCUT2D eigenvalue weighted by atomic mass is 16.6. The topological polar surface area (TPSA) is 125 Å². The van der Waals surface area contributed by atoms with Crippen LogP contribution in [0, 0.1) is 11.8 Å². The SMILES string of the molecule is CC[C@@H](C)[C@H](NC(=O)C1(c2ccccc2)CCN(C(=O)OC(C)(C)C)CC1)C(=O)N[C@H](CC(C)C)C(=O)O. The number of ether oxygens (including phenoxy) is 1. The number of carbonyl (C=O) groups is 4. The highest BCUT2D eigenvalue weighted by Crippen LogP contribution is 2.37. The van der Waals surface area contributed by atoms with Crippen molar-refractivity contribution in [3.63, 3.8) is 0 Å². The van der Waals surface area contributed by atoms with Gasteiger partial charge in [0.1, 0.15) is 17.7 Å². The summed E-state index contributed by atoms with van der Waals surface area (Å²) in [7, 11) is 0. The second kappa shape index (κ2) is 13.1. The Kier molecular flexibility index (Phi) is 10.7. The molecule has 2 rings (SSSR count). The third-order valence-corrected chi connectivity index (χ3v) is 7.13. The standard InChI is InChI=1S/C29H45N3O6/c1-8-20(4)23(24(33)30-22(25(34)35)18-19(2)3)31-26(36)29(21-12-10-9-11-13-21)14-16-32(17-15-29)27(37)38-28(5,6)7/h9-13,19-20,22-23H,8,14-18H2,1-7H3,(H,30,33)(H,31,36)(H,34,35)/t20-,22-,23+/m1/s1. The third kappa shape index (κ3) is 8.20. The average molecular weight is 532 g/mol. The molecule has 1 heterocycles. The van der Waals surface area contributed by atoms with E-state index in [1.807, 2.05) is 78.8 Å². The van der Waals surface area contributed by atoms with Crippen LogP contribution >= 0.6 is 0 Å². The van der Waals surface area contributed by atoms with Crippen molar-refractivity contribution >= 4 is 23.9 Å². The van der Waals surface area contributed by atoms with Crippen molar-refractivity contribution in [3.8, 4) is 0 Å². The molecule has 1 saturated heterocycles. The van der Waals surface area contributed by atoms with Crippen molar-refractivity contribution in [2.24, 2.45) is 11.8 Å². The van der Waals surface area contributed by atoms with Crippen molar-refractivity contribution in [2.45, 2.75) is 97.2 Å². The van der Waals surface area contributed by atoms with E-state index >= 15 is 0 Å². The summed E-state index contributed by atoms with van der Waals surface area (Å²) in [4.78, 5) is 53.4. The van der Waals surface area contributed by atoms with Gasteiger partial charge in [-0.25, -0.2) is 9.59 Å². The summed E-state index contributed by atoms with van der Waals surface area (Å²) in [6, 6.07) is 7.46. The fourth-order valence-corrected chi connectivity index (χ4v) is 4.74. The Hall–Kier alpha value is -3.10. The minimum absolute atomic E-state index is 0.0737. The number of amides is 3. The number of carbonyl (C=O) groups excluding carboxylic acids is 3. The number of rotatable bonds is 10. The minimum Gasteiger partial charge on any atom is -0.480 e. The van der Waals surface area contributed by atoms with E-state index < -0.39 is 41.1 Å². The van der Waals surface area contributed by atoms with Crippen LogP contribution in [0.15, 0.2) is 30.3 Å². The zero-order chi connectivity index (χ0) is 28.7. The molecule has 1 fully saturated rings. The predicted octanol–water partition coefficient (Wildman–Crippen LogP) is 4.10. The van der Waals surface area contributed by atoms with Gasteiger partial charge in [0.15, 0.2) is 0 Å². The van der Waals surface area contributed by atoms with Gasteiger partial charge in [0, 0.05) is 13.1 Å². The maximum Gasteiger partial charge on any atom is 0.410 e. The summed E-state index contributed by atoms with van der Waals surface area (Å²) >= 11 is 0.